The van der Waals surface area contributed by atoms with Gasteiger partial charge in [0.15, 0.2) is 6.29 Å². The second-order valence-electron chi connectivity index (χ2n) is 10.4. The summed E-state index contributed by atoms with van der Waals surface area (Å²) < 4.78 is 30.8. The van der Waals surface area contributed by atoms with E-state index >= 15 is 0 Å². The number of carbonyl (C=O) groups is 1. The Bertz CT molecular complexity index is 1100. The first-order chi connectivity index (χ1) is 17.6. The van der Waals surface area contributed by atoms with Crippen molar-refractivity contribution in [1.82, 2.24) is 0 Å². The Labute approximate surface area is 216 Å². The van der Waals surface area contributed by atoms with Crippen LogP contribution < -0.4 is 10.2 Å². The SMILES string of the molecule is CC(C)(C)OC(=O)Nc1cc(N2CCC(OC3CCCCO3)CC2)c(-c2ccc(F)cc2)cc1[N+](=O)[O-]. The predicted octanol–water partition coefficient (Wildman–Crippen LogP) is 6.26. The van der Waals surface area contributed by atoms with Gasteiger partial charge in [0.1, 0.15) is 17.1 Å². The summed E-state index contributed by atoms with van der Waals surface area (Å²) in [5.74, 6) is -0.397. The third kappa shape index (κ3) is 7.17. The first-order valence-electron chi connectivity index (χ1n) is 12.7. The highest BCUT2D eigenvalue weighted by molar-refractivity contribution is 5.93. The second-order valence-corrected chi connectivity index (χ2v) is 10.4. The molecule has 0 bridgehead atoms. The van der Waals surface area contributed by atoms with Crippen molar-refractivity contribution in [3.63, 3.8) is 0 Å². The molecule has 1 atom stereocenters. The fourth-order valence-corrected chi connectivity index (χ4v) is 4.63. The molecule has 2 saturated heterocycles. The van der Waals surface area contributed by atoms with E-state index < -0.39 is 22.4 Å². The van der Waals surface area contributed by atoms with E-state index in [9.17, 15) is 19.3 Å². The lowest BCUT2D eigenvalue weighted by Gasteiger charge is -2.37. The number of ether oxygens (including phenoxy) is 3. The molecule has 2 aliphatic heterocycles. The van der Waals surface area contributed by atoms with Crippen LogP contribution in [0.3, 0.4) is 0 Å². The Balaban J connectivity index is 1.63. The van der Waals surface area contributed by atoms with Crippen LogP contribution in [0.4, 0.5) is 26.2 Å². The number of anilines is 2. The van der Waals surface area contributed by atoms with Gasteiger partial charge in [-0.3, -0.25) is 15.4 Å². The zero-order valence-corrected chi connectivity index (χ0v) is 21.5. The second kappa shape index (κ2) is 11.4. The van der Waals surface area contributed by atoms with Gasteiger partial charge in [0.25, 0.3) is 5.69 Å². The molecule has 0 aromatic heterocycles. The molecule has 2 aromatic rings. The number of benzene rings is 2. The lowest BCUT2D eigenvalue weighted by Crippen LogP contribution is -2.39. The molecular formula is C27H34FN3O6. The quantitative estimate of drug-likeness (QED) is 0.358. The van der Waals surface area contributed by atoms with Crippen molar-refractivity contribution in [2.24, 2.45) is 0 Å². The van der Waals surface area contributed by atoms with Gasteiger partial charge in [-0.05, 0) is 76.6 Å². The number of amides is 1. The first kappa shape index (κ1) is 26.8. The number of nitrogens with one attached hydrogen (secondary N) is 1. The summed E-state index contributed by atoms with van der Waals surface area (Å²) in [6, 6.07) is 8.86. The van der Waals surface area contributed by atoms with Gasteiger partial charge in [-0.1, -0.05) is 12.1 Å². The summed E-state index contributed by atoms with van der Waals surface area (Å²) in [6.07, 6.45) is 3.69. The number of piperidine rings is 1. The van der Waals surface area contributed by atoms with Gasteiger partial charge in [0.05, 0.1) is 11.0 Å². The molecule has 2 fully saturated rings. The number of nitrogens with zero attached hydrogens (tertiary/aromatic N) is 2. The molecule has 37 heavy (non-hydrogen) atoms. The number of hydrogen-bond acceptors (Lipinski definition) is 7. The Morgan fingerprint density at radius 2 is 1.84 bits per heavy atom. The molecule has 0 spiro atoms. The number of rotatable bonds is 6. The highest BCUT2D eigenvalue weighted by Gasteiger charge is 2.29. The molecule has 2 heterocycles. The van der Waals surface area contributed by atoms with E-state index in [0.717, 1.165) is 38.7 Å². The Morgan fingerprint density at radius 1 is 1.14 bits per heavy atom. The van der Waals surface area contributed by atoms with Crippen molar-refractivity contribution in [3.05, 3.63) is 52.3 Å². The summed E-state index contributed by atoms with van der Waals surface area (Å²) in [4.78, 5) is 26.0. The van der Waals surface area contributed by atoms with Crippen LogP contribution in [0.5, 0.6) is 0 Å². The minimum atomic E-state index is -0.782. The lowest BCUT2D eigenvalue weighted by molar-refractivity contribution is -0.383. The Hall–Kier alpha value is -3.24. The number of hydrogen-bond donors (Lipinski definition) is 1. The summed E-state index contributed by atoms with van der Waals surface area (Å²) >= 11 is 0. The van der Waals surface area contributed by atoms with Crippen LogP contribution >= 0.6 is 0 Å². The van der Waals surface area contributed by atoms with Crippen LogP contribution in [0.15, 0.2) is 36.4 Å². The molecule has 2 aliphatic rings. The fraction of sp³-hybridized carbons (Fsp3) is 0.519. The van der Waals surface area contributed by atoms with Gasteiger partial charge < -0.3 is 19.1 Å². The van der Waals surface area contributed by atoms with Crippen LogP contribution in [0.2, 0.25) is 0 Å². The third-order valence-electron chi connectivity index (χ3n) is 6.37. The van der Waals surface area contributed by atoms with E-state index in [0.29, 0.717) is 29.9 Å². The summed E-state index contributed by atoms with van der Waals surface area (Å²) in [7, 11) is 0. The summed E-state index contributed by atoms with van der Waals surface area (Å²) in [6.45, 7) is 7.17. The van der Waals surface area contributed by atoms with Gasteiger partial charge in [-0.25, -0.2) is 9.18 Å². The first-order valence-corrected chi connectivity index (χ1v) is 12.7. The van der Waals surface area contributed by atoms with Crippen molar-refractivity contribution in [2.75, 3.05) is 29.9 Å². The van der Waals surface area contributed by atoms with Crippen molar-refractivity contribution < 1.29 is 28.3 Å². The summed E-state index contributed by atoms with van der Waals surface area (Å²) in [5.41, 5.74) is 0.916. The molecule has 0 aliphatic carbocycles. The molecule has 0 saturated carbocycles. The van der Waals surface area contributed by atoms with Gasteiger partial charge in [-0.2, -0.15) is 0 Å². The van der Waals surface area contributed by atoms with Crippen molar-refractivity contribution in [3.8, 4) is 11.1 Å². The minimum absolute atomic E-state index is 0.0362. The zero-order chi connectivity index (χ0) is 26.6. The van der Waals surface area contributed by atoms with Crippen LogP contribution in [0, 0.1) is 15.9 Å². The average molecular weight is 516 g/mol. The fourth-order valence-electron chi connectivity index (χ4n) is 4.63. The van der Waals surface area contributed by atoms with Crippen LogP contribution in [0.1, 0.15) is 52.9 Å². The monoisotopic (exact) mass is 515 g/mol. The minimum Gasteiger partial charge on any atom is -0.444 e. The van der Waals surface area contributed by atoms with Gasteiger partial charge in [-0.15, -0.1) is 0 Å². The molecule has 1 amide bonds. The molecule has 10 heteroatoms. The maximum absolute atomic E-state index is 13.6. The predicted molar refractivity (Wildman–Crippen MR) is 138 cm³/mol. The Kier molecular flexibility index (Phi) is 8.29. The molecule has 0 radical (unpaired) electrons. The third-order valence-corrected chi connectivity index (χ3v) is 6.37. The maximum atomic E-state index is 13.6. The molecular weight excluding hydrogens is 481 g/mol. The normalized spacial score (nSPS) is 18.9. The smallest absolute Gasteiger partial charge is 0.412 e. The van der Waals surface area contributed by atoms with Gasteiger partial charge >= 0.3 is 6.09 Å². The molecule has 4 rings (SSSR count). The van der Waals surface area contributed by atoms with Crippen molar-refractivity contribution in [2.45, 2.75) is 70.9 Å². The topological polar surface area (TPSA) is 103 Å². The van der Waals surface area contributed by atoms with Crippen LogP contribution in [-0.2, 0) is 14.2 Å². The van der Waals surface area contributed by atoms with E-state index in [1.165, 1.54) is 18.2 Å². The van der Waals surface area contributed by atoms with Crippen LogP contribution in [-0.4, -0.2) is 48.7 Å². The van der Waals surface area contributed by atoms with E-state index in [2.05, 4.69) is 10.2 Å². The zero-order valence-electron chi connectivity index (χ0n) is 21.5. The number of nitro benzene ring substituents is 1. The standard InChI is InChI=1S/C27H34FN3O6/c1-27(2,3)37-26(32)29-22-17-23(21(16-24(22)31(33)34)18-7-9-19(28)10-8-18)30-13-11-20(12-14-30)36-25-6-4-5-15-35-25/h7-10,16-17,20,25H,4-6,11-15H2,1-3H3,(H,29,32). The lowest BCUT2D eigenvalue weighted by atomic mass is 9.98. The van der Waals surface area contributed by atoms with E-state index in [4.69, 9.17) is 14.2 Å². The van der Waals surface area contributed by atoms with E-state index in [1.807, 2.05) is 0 Å². The largest absolute Gasteiger partial charge is 0.444 e. The van der Waals surface area contributed by atoms with Gasteiger partial charge in [0, 0.05) is 37.0 Å². The molecule has 1 unspecified atom stereocenters. The Morgan fingerprint density at radius 3 is 2.43 bits per heavy atom. The maximum Gasteiger partial charge on any atom is 0.412 e. The van der Waals surface area contributed by atoms with Crippen LogP contribution in [0.25, 0.3) is 11.1 Å². The molecule has 2 aromatic carbocycles. The molecule has 9 nitrogen and oxygen atoms in total. The summed E-state index contributed by atoms with van der Waals surface area (Å²) in [5, 5.41) is 14.5. The number of carbonyl (C=O) groups excluding carboxylic acids is 1. The highest BCUT2D eigenvalue weighted by atomic mass is 19.1. The highest BCUT2D eigenvalue weighted by Crippen LogP contribution is 2.40. The van der Waals surface area contributed by atoms with Crippen molar-refractivity contribution in [1.29, 1.82) is 0 Å². The average Bonchev–Trinajstić information content (AvgIpc) is 2.84. The van der Waals surface area contributed by atoms with Crippen molar-refractivity contribution >= 4 is 23.2 Å². The number of halogens is 1. The van der Waals surface area contributed by atoms with E-state index in [-0.39, 0.29) is 23.8 Å². The van der Waals surface area contributed by atoms with E-state index in [1.54, 1.807) is 39.0 Å². The molecule has 1 N–H and O–H groups in total. The molecule has 200 valence electrons. The number of nitro groups is 1. The van der Waals surface area contributed by atoms with Gasteiger partial charge in [0.2, 0.25) is 0 Å².